The molecule has 1 aliphatic rings. The smallest absolute Gasteiger partial charge is 0.270 e. The summed E-state index contributed by atoms with van der Waals surface area (Å²) in [7, 11) is 0. The number of anilines is 1. The van der Waals surface area contributed by atoms with Gasteiger partial charge in [0.15, 0.2) is 16.6 Å². The Morgan fingerprint density at radius 3 is 2.67 bits per heavy atom. The number of ether oxygens (including phenoxy) is 2. The Morgan fingerprint density at radius 1 is 1.18 bits per heavy atom. The summed E-state index contributed by atoms with van der Waals surface area (Å²) < 4.78 is 11.8. The predicted molar refractivity (Wildman–Crippen MR) is 128 cm³/mol. The number of nitro benzene ring substituents is 1. The Hall–Kier alpha value is -3.50. The summed E-state index contributed by atoms with van der Waals surface area (Å²) in [6.45, 7) is 7.27. The molecule has 0 atom stereocenters. The number of carbonyl (C=O) groups is 1. The minimum Gasteiger partial charge on any atom is -0.454 e. The number of hydrogen-bond donors (Lipinski definition) is 0. The van der Waals surface area contributed by atoms with Gasteiger partial charge in [-0.15, -0.1) is 0 Å². The van der Waals surface area contributed by atoms with Gasteiger partial charge >= 0.3 is 0 Å². The molecule has 10 heteroatoms. The number of non-ortho nitro benzene ring substituents is 1. The van der Waals surface area contributed by atoms with E-state index in [0.29, 0.717) is 35.3 Å². The van der Waals surface area contributed by atoms with E-state index >= 15 is 0 Å². The first-order valence-electron chi connectivity index (χ1n) is 10.6. The normalized spacial score (nSPS) is 12.7. The number of hydrogen-bond acceptors (Lipinski definition) is 8. The number of thiazole rings is 1. The topological polar surface area (TPSA) is 98.0 Å². The molecular formula is C23H24N4O5S. The number of aromatic nitrogens is 1. The van der Waals surface area contributed by atoms with Crippen molar-refractivity contribution in [2.45, 2.75) is 13.8 Å². The zero-order valence-electron chi connectivity index (χ0n) is 18.4. The maximum absolute atomic E-state index is 13.2. The quantitative estimate of drug-likeness (QED) is 0.262. The van der Waals surface area contributed by atoms with Crippen LogP contribution in [0.5, 0.6) is 11.5 Å². The fourth-order valence-electron chi connectivity index (χ4n) is 3.50. The molecule has 0 unspecified atom stereocenters. The molecule has 0 radical (unpaired) electrons. The van der Waals surface area contributed by atoms with Crippen molar-refractivity contribution in [3.05, 3.63) is 58.2 Å². The molecule has 1 aromatic heterocycles. The maximum atomic E-state index is 13.2. The molecule has 2 aromatic carbocycles. The van der Waals surface area contributed by atoms with Crippen LogP contribution in [0.3, 0.4) is 0 Å². The van der Waals surface area contributed by atoms with Gasteiger partial charge in [0.25, 0.3) is 11.6 Å². The summed E-state index contributed by atoms with van der Waals surface area (Å²) in [6.07, 6.45) is 3.02. The summed E-state index contributed by atoms with van der Waals surface area (Å²) in [5, 5.41) is 11.6. The third kappa shape index (κ3) is 5.12. The van der Waals surface area contributed by atoms with Crippen molar-refractivity contribution in [2.75, 3.05) is 37.9 Å². The van der Waals surface area contributed by atoms with Gasteiger partial charge in [0.05, 0.1) is 15.1 Å². The van der Waals surface area contributed by atoms with E-state index in [-0.39, 0.29) is 18.4 Å². The van der Waals surface area contributed by atoms with Crippen molar-refractivity contribution < 1.29 is 19.2 Å². The Labute approximate surface area is 195 Å². The van der Waals surface area contributed by atoms with Crippen LogP contribution in [0.1, 0.15) is 19.4 Å². The van der Waals surface area contributed by atoms with Crippen molar-refractivity contribution in [2.24, 2.45) is 0 Å². The van der Waals surface area contributed by atoms with E-state index in [2.05, 4.69) is 23.7 Å². The van der Waals surface area contributed by atoms with Crippen LogP contribution in [-0.4, -0.2) is 53.7 Å². The Kier molecular flexibility index (Phi) is 6.85. The first-order chi connectivity index (χ1) is 16.0. The molecule has 0 aliphatic carbocycles. The lowest BCUT2D eigenvalue weighted by Crippen LogP contribution is -2.38. The lowest BCUT2D eigenvalue weighted by Gasteiger charge is -2.23. The SMILES string of the molecule is CCN(CC)CCN(C(=O)C=Cc1cccc([N+](=O)[O-])c1)c1nc2cc3c(cc2s1)OCO3. The molecule has 1 amide bonds. The van der Waals surface area contributed by atoms with Gasteiger partial charge in [0.1, 0.15) is 0 Å². The van der Waals surface area contributed by atoms with Crippen LogP contribution >= 0.6 is 11.3 Å². The molecule has 4 rings (SSSR count). The molecule has 9 nitrogen and oxygen atoms in total. The molecule has 0 bridgehead atoms. The highest BCUT2D eigenvalue weighted by Crippen LogP contribution is 2.39. The van der Waals surface area contributed by atoms with Gasteiger partial charge in [-0.1, -0.05) is 37.3 Å². The fraction of sp³-hybridized carbons (Fsp3) is 0.304. The van der Waals surface area contributed by atoms with Crippen molar-refractivity contribution in [3.8, 4) is 11.5 Å². The summed E-state index contributed by atoms with van der Waals surface area (Å²) in [5.74, 6) is 1.07. The van der Waals surface area contributed by atoms with Crippen LogP contribution in [0.25, 0.3) is 16.3 Å². The van der Waals surface area contributed by atoms with E-state index in [0.717, 1.165) is 23.3 Å². The second-order valence-corrected chi connectivity index (χ2v) is 8.38. The molecular weight excluding hydrogens is 444 g/mol. The van der Waals surface area contributed by atoms with Crippen molar-refractivity contribution >= 4 is 44.4 Å². The average Bonchev–Trinajstić information content (AvgIpc) is 3.44. The van der Waals surface area contributed by atoms with E-state index in [1.165, 1.54) is 29.5 Å². The van der Waals surface area contributed by atoms with E-state index in [1.807, 2.05) is 12.1 Å². The number of nitro groups is 1. The molecule has 0 N–H and O–H groups in total. The summed E-state index contributed by atoms with van der Waals surface area (Å²) >= 11 is 1.41. The largest absolute Gasteiger partial charge is 0.454 e. The number of nitrogens with zero attached hydrogens (tertiary/aromatic N) is 4. The van der Waals surface area contributed by atoms with Gasteiger partial charge < -0.3 is 14.4 Å². The summed E-state index contributed by atoms with van der Waals surface area (Å²) in [4.78, 5) is 32.3. The molecule has 0 spiro atoms. The first kappa shape index (κ1) is 22.7. The van der Waals surface area contributed by atoms with Crippen LogP contribution in [0.4, 0.5) is 10.8 Å². The van der Waals surface area contributed by atoms with E-state index in [4.69, 9.17) is 9.47 Å². The van der Waals surface area contributed by atoms with Crippen LogP contribution < -0.4 is 14.4 Å². The van der Waals surface area contributed by atoms with Gasteiger partial charge in [-0.25, -0.2) is 4.98 Å². The summed E-state index contributed by atoms with van der Waals surface area (Å²) in [6, 6.07) is 9.87. The van der Waals surface area contributed by atoms with Gasteiger partial charge in [0, 0.05) is 43.4 Å². The minimum atomic E-state index is -0.457. The molecule has 2 heterocycles. The number of carbonyl (C=O) groups excluding carboxylic acids is 1. The highest BCUT2D eigenvalue weighted by molar-refractivity contribution is 7.22. The molecule has 0 fully saturated rings. The third-order valence-electron chi connectivity index (χ3n) is 5.40. The summed E-state index contributed by atoms with van der Waals surface area (Å²) in [5.41, 5.74) is 1.30. The highest BCUT2D eigenvalue weighted by atomic mass is 32.1. The Morgan fingerprint density at radius 2 is 1.94 bits per heavy atom. The predicted octanol–water partition coefficient (Wildman–Crippen LogP) is 4.32. The van der Waals surface area contributed by atoms with Crippen LogP contribution in [0, 0.1) is 10.1 Å². The highest BCUT2D eigenvalue weighted by Gasteiger charge is 2.21. The second kappa shape index (κ2) is 9.97. The lowest BCUT2D eigenvalue weighted by atomic mass is 10.2. The van der Waals surface area contributed by atoms with Crippen LogP contribution in [0.15, 0.2) is 42.5 Å². The lowest BCUT2D eigenvalue weighted by molar-refractivity contribution is -0.384. The first-order valence-corrected chi connectivity index (χ1v) is 11.5. The number of benzene rings is 2. The van der Waals surface area contributed by atoms with Gasteiger partial charge in [-0.3, -0.25) is 19.8 Å². The molecule has 0 saturated carbocycles. The van der Waals surface area contributed by atoms with Crippen LogP contribution in [0.2, 0.25) is 0 Å². The zero-order valence-corrected chi connectivity index (χ0v) is 19.2. The average molecular weight is 469 g/mol. The van der Waals surface area contributed by atoms with E-state index < -0.39 is 4.92 Å². The van der Waals surface area contributed by atoms with Crippen molar-refractivity contribution in [3.63, 3.8) is 0 Å². The Bertz CT molecular complexity index is 1160. The fourth-order valence-corrected chi connectivity index (χ4v) is 4.51. The Balaban J connectivity index is 1.61. The van der Waals surface area contributed by atoms with E-state index in [1.54, 1.807) is 23.1 Å². The molecule has 33 heavy (non-hydrogen) atoms. The number of fused-ring (bicyclic) bond motifs is 2. The maximum Gasteiger partial charge on any atom is 0.270 e. The molecule has 3 aromatic rings. The van der Waals surface area contributed by atoms with Gasteiger partial charge in [-0.2, -0.15) is 0 Å². The molecule has 1 aliphatic heterocycles. The van der Waals surface area contributed by atoms with Gasteiger partial charge in [0.2, 0.25) is 6.79 Å². The zero-order chi connectivity index (χ0) is 23.4. The van der Waals surface area contributed by atoms with Crippen LogP contribution in [-0.2, 0) is 4.79 Å². The van der Waals surface area contributed by atoms with Crippen molar-refractivity contribution in [1.82, 2.24) is 9.88 Å². The second-order valence-electron chi connectivity index (χ2n) is 7.37. The van der Waals surface area contributed by atoms with Gasteiger partial charge in [-0.05, 0) is 24.7 Å². The number of rotatable bonds is 9. The molecule has 172 valence electrons. The molecule has 0 saturated heterocycles. The number of amides is 1. The van der Waals surface area contributed by atoms with Crippen molar-refractivity contribution in [1.29, 1.82) is 0 Å². The third-order valence-corrected chi connectivity index (χ3v) is 6.44. The standard InChI is InChI=1S/C23H24N4O5S/c1-3-25(4-2)10-11-26(22(28)9-8-16-6-5-7-17(12-16)27(29)30)23-24-18-13-19-20(32-15-31-19)14-21(18)33-23/h5-9,12-14H,3-4,10-11,15H2,1-2H3. The monoisotopic (exact) mass is 468 g/mol. The number of likely N-dealkylation sites (N-methyl/N-ethyl adjacent to an activating group) is 1. The minimum absolute atomic E-state index is 0.0216. The van der Waals surface area contributed by atoms with E-state index in [9.17, 15) is 14.9 Å².